The van der Waals surface area contributed by atoms with E-state index in [1.807, 2.05) is 18.2 Å². The molecule has 0 fully saturated rings. The third kappa shape index (κ3) is 2.24. The van der Waals surface area contributed by atoms with Crippen molar-refractivity contribution in [1.82, 2.24) is 0 Å². The second-order valence-electron chi connectivity index (χ2n) is 4.60. The number of carboxylic acids is 1. The highest BCUT2D eigenvalue weighted by molar-refractivity contribution is 9.10. The van der Waals surface area contributed by atoms with E-state index in [4.69, 9.17) is 5.11 Å². The number of fused-ring (bicyclic) bond motifs is 1. The van der Waals surface area contributed by atoms with Crippen LogP contribution in [0.2, 0.25) is 0 Å². The summed E-state index contributed by atoms with van der Waals surface area (Å²) in [6.07, 6.45) is 0. The predicted octanol–water partition coefficient (Wildman–Crippen LogP) is 3.67. The van der Waals surface area contributed by atoms with Crippen LogP contribution in [0.15, 0.2) is 46.9 Å². The maximum absolute atomic E-state index is 10.9. The van der Waals surface area contributed by atoms with E-state index in [1.165, 1.54) is 11.1 Å². The van der Waals surface area contributed by atoms with Gasteiger partial charge in [-0.15, -0.1) is 0 Å². The number of hydrogen-bond acceptors (Lipinski definition) is 2. The Kier molecular flexibility index (Phi) is 3.03. The van der Waals surface area contributed by atoms with Gasteiger partial charge >= 0.3 is 5.97 Å². The van der Waals surface area contributed by atoms with Crippen LogP contribution in [-0.2, 0) is 13.1 Å². The average molecular weight is 318 g/mol. The zero-order valence-corrected chi connectivity index (χ0v) is 11.7. The molecule has 0 radical (unpaired) electrons. The maximum Gasteiger partial charge on any atom is 0.335 e. The van der Waals surface area contributed by atoms with E-state index >= 15 is 0 Å². The van der Waals surface area contributed by atoms with Gasteiger partial charge in [-0.3, -0.25) is 0 Å². The lowest BCUT2D eigenvalue weighted by Gasteiger charge is -2.19. The van der Waals surface area contributed by atoms with Crippen molar-refractivity contribution in [2.45, 2.75) is 13.1 Å². The first-order valence-electron chi connectivity index (χ1n) is 6.00. The fourth-order valence-corrected chi connectivity index (χ4v) is 3.03. The Morgan fingerprint density at radius 2 is 1.74 bits per heavy atom. The third-order valence-corrected chi connectivity index (χ3v) is 4.01. The lowest BCUT2D eigenvalue weighted by molar-refractivity contribution is 0.0697. The van der Waals surface area contributed by atoms with Gasteiger partial charge in [0.25, 0.3) is 0 Å². The van der Waals surface area contributed by atoms with Crippen LogP contribution in [-0.4, -0.2) is 11.1 Å². The molecule has 0 spiro atoms. The molecule has 0 bridgehead atoms. The standard InChI is InChI=1S/C15H12BrNO2/c16-13-7-10(15(18)19)5-6-14(13)17-8-11-3-1-2-4-12(11)9-17/h1-7H,8-9H2,(H,18,19). The minimum atomic E-state index is -0.906. The number of aromatic carboxylic acids is 1. The van der Waals surface area contributed by atoms with Crippen molar-refractivity contribution < 1.29 is 9.90 Å². The highest BCUT2D eigenvalue weighted by atomic mass is 79.9. The molecule has 2 aromatic rings. The van der Waals surface area contributed by atoms with Gasteiger partial charge in [-0.05, 0) is 45.3 Å². The largest absolute Gasteiger partial charge is 0.478 e. The van der Waals surface area contributed by atoms with Crippen LogP contribution in [0.25, 0.3) is 0 Å². The summed E-state index contributed by atoms with van der Waals surface area (Å²) in [7, 11) is 0. The molecule has 1 aliphatic rings. The molecule has 1 heterocycles. The number of rotatable bonds is 2. The number of halogens is 1. The Balaban J connectivity index is 1.91. The summed E-state index contributed by atoms with van der Waals surface area (Å²) in [5, 5.41) is 8.97. The minimum absolute atomic E-state index is 0.298. The van der Waals surface area contributed by atoms with Crippen molar-refractivity contribution in [3.05, 3.63) is 63.6 Å². The number of hydrogen-bond donors (Lipinski definition) is 1. The Morgan fingerprint density at radius 1 is 1.11 bits per heavy atom. The zero-order valence-electron chi connectivity index (χ0n) is 10.1. The first-order valence-corrected chi connectivity index (χ1v) is 6.79. The van der Waals surface area contributed by atoms with Gasteiger partial charge in [-0.1, -0.05) is 24.3 Å². The third-order valence-electron chi connectivity index (χ3n) is 3.38. The van der Waals surface area contributed by atoms with Gasteiger partial charge in [0.05, 0.1) is 11.3 Å². The van der Waals surface area contributed by atoms with Crippen molar-refractivity contribution in [1.29, 1.82) is 0 Å². The fraction of sp³-hybridized carbons (Fsp3) is 0.133. The van der Waals surface area contributed by atoms with E-state index in [9.17, 15) is 4.79 Å². The maximum atomic E-state index is 10.9. The first-order chi connectivity index (χ1) is 9.15. The van der Waals surface area contributed by atoms with Crippen LogP contribution in [0.4, 0.5) is 5.69 Å². The van der Waals surface area contributed by atoms with E-state index in [1.54, 1.807) is 12.1 Å². The van der Waals surface area contributed by atoms with E-state index in [-0.39, 0.29) is 0 Å². The predicted molar refractivity (Wildman–Crippen MR) is 77.4 cm³/mol. The number of nitrogens with zero attached hydrogens (tertiary/aromatic N) is 1. The summed E-state index contributed by atoms with van der Waals surface area (Å²) >= 11 is 3.47. The summed E-state index contributed by atoms with van der Waals surface area (Å²) in [6.45, 7) is 1.72. The van der Waals surface area contributed by atoms with Gasteiger partial charge in [0.15, 0.2) is 0 Å². The Bertz CT molecular complexity index is 629. The normalized spacial score (nSPS) is 13.4. The summed E-state index contributed by atoms with van der Waals surface area (Å²) in [4.78, 5) is 13.2. The monoisotopic (exact) mass is 317 g/mol. The van der Waals surface area contributed by atoms with Gasteiger partial charge in [0.2, 0.25) is 0 Å². The molecular formula is C15H12BrNO2. The summed E-state index contributed by atoms with van der Waals surface area (Å²) < 4.78 is 0.820. The average Bonchev–Trinajstić information content (AvgIpc) is 2.81. The van der Waals surface area contributed by atoms with Gasteiger partial charge in [0, 0.05) is 17.6 Å². The molecule has 0 saturated carbocycles. The quantitative estimate of drug-likeness (QED) is 0.918. The Hall–Kier alpha value is -1.81. The molecule has 3 nitrogen and oxygen atoms in total. The zero-order chi connectivity index (χ0) is 13.4. The molecular weight excluding hydrogens is 306 g/mol. The molecule has 19 heavy (non-hydrogen) atoms. The number of benzene rings is 2. The van der Waals surface area contributed by atoms with E-state index < -0.39 is 5.97 Å². The van der Waals surface area contributed by atoms with Crippen LogP contribution < -0.4 is 4.90 Å². The van der Waals surface area contributed by atoms with Crippen LogP contribution in [0.1, 0.15) is 21.5 Å². The molecule has 96 valence electrons. The Labute approximate surface area is 119 Å². The molecule has 4 heteroatoms. The second kappa shape index (κ2) is 4.70. The smallest absolute Gasteiger partial charge is 0.335 e. The molecule has 3 rings (SSSR count). The SMILES string of the molecule is O=C(O)c1ccc(N2Cc3ccccc3C2)c(Br)c1. The second-order valence-corrected chi connectivity index (χ2v) is 5.45. The number of carbonyl (C=O) groups is 1. The van der Waals surface area contributed by atoms with E-state index in [0.717, 1.165) is 23.2 Å². The van der Waals surface area contributed by atoms with E-state index in [0.29, 0.717) is 5.56 Å². The topological polar surface area (TPSA) is 40.5 Å². The molecule has 0 aromatic heterocycles. The van der Waals surface area contributed by atoms with Crippen LogP contribution >= 0.6 is 15.9 Å². The summed E-state index contributed by atoms with van der Waals surface area (Å²) in [6, 6.07) is 13.5. The van der Waals surface area contributed by atoms with Gasteiger partial charge in [-0.25, -0.2) is 4.79 Å². The molecule has 0 unspecified atom stereocenters. The number of anilines is 1. The molecule has 0 atom stereocenters. The first kappa shape index (κ1) is 12.2. The lowest BCUT2D eigenvalue weighted by Crippen LogP contribution is -2.15. The van der Waals surface area contributed by atoms with Gasteiger partial charge in [-0.2, -0.15) is 0 Å². The van der Waals surface area contributed by atoms with Crippen molar-refractivity contribution in [2.24, 2.45) is 0 Å². The van der Waals surface area contributed by atoms with Crippen molar-refractivity contribution >= 4 is 27.6 Å². The van der Waals surface area contributed by atoms with Crippen LogP contribution in [0.5, 0.6) is 0 Å². The van der Waals surface area contributed by atoms with Crippen LogP contribution in [0, 0.1) is 0 Å². The van der Waals surface area contributed by atoms with E-state index in [2.05, 4.69) is 33.0 Å². The number of carboxylic acid groups (broad SMARTS) is 1. The van der Waals surface area contributed by atoms with Gasteiger partial charge in [0.1, 0.15) is 0 Å². The van der Waals surface area contributed by atoms with Crippen molar-refractivity contribution in [3.63, 3.8) is 0 Å². The van der Waals surface area contributed by atoms with Crippen molar-refractivity contribution in [2.75, 3.05) is 4.90 Å². The molecule has 1 N–H and O–H groups in total. The van der Waals surface area contributed by atoms with Crippen molar-refractivity contribution in [3.8, 4) is 0 Å². The van der Waals surface area contributed by atoms with Crippen LogP contribution in [0.3, 0.4) is 0 Å². The highest BCUT2D eigenvalue weighted by Crippen LogP contribution is 2.33. The summed E-state index contributed by atoms with van der Waals surface area (Å²) in [5.74, 6) is -0.906. The Morgan fingerprint density at radius 3 is 2.26 bits per heavy atom. The highest BCUT2D eigenvalue weighted by Gasteiger charge is 2.20. The lowest BCUT2D eigenvalue weighted by atomic mass is 10.1. The minimum Gasteiger partial charge on any atom is -0.478 e. The molecule has 0 aliphatic carbocycles. The molecule has 2 aromatic carbocycles. The molecule has 1 aliphatic heterocycles. The fourth-order valence-electron chi connectivity index (χ4n) is 2.40. The molecule has 0 amide bonds. The van der Waals surface area contributed by atoms with Gasteiger partial charge < -0.3 is 10.0 Å². The summed E-state index contributed by atoms with van der Waals surface area (Å²) in [5.41, 5.74) is 3.99. The molecule has 0 saturated heterocycles.